The van der Waals surface area contributed by atoms with E-state index in [0.29, 0.717) is 12.0 Å². The van der Waals surface area contributed by atoms with Crippen molar-refractivity contribution in [2.24, 2.45) is 17.1 Å². The van der Waals surface area contributed by atoms with Gasteiger partial charge in [0.25, 0.3) is 0 Å². The number of rotatable bonds is 3. The standard InChI is InChI=1S/C11H20N2O/c1-11(4-5-11)10(14)13-9-3-2-8(6-9)7-12/h8-9H,2-7,12H2,1H3,(H,13,14)/t8-,9+/m0/s1. The van der Waals surface area contributed by atoms with Crippen LogP contribution in [0.2, 0.25) is 0 Å². The number of hydrogen-bond acceptors (Lipinski definition) is 2. The van der Waals surface area contributed by atoms with Gasteiger partial charge in [-0.1, -0.05) is 6.92 Å². The third-order valence-electron chi connectivity index (χ3n) is 3.76. The topological polar surface area (TPSA) is 55.1 Å². The Morgan fingerprint density at radius 2 is 2.21 bits per heavy atom. The first-order valence-electron chi connectivity index (χ1n) is 5.65. The lowest BCUT2D eigenvalue weighted by Crippen LogP contribution is -2.37. The van der Waals surface area contributed by atoms with E-state index in [4.69, 9.17) is 5.73 Å². The number of hydrogen-bond donors (Lipinski definition) is 2. The molecule has 0 aromatic carbocycles. The van der Waals surface area contributed by atoms with Crippen molar-refractivity contribution in [2.75, 3.05) is 6.54 Å². The summed E-state index contributed by atoms with van der Waals surface area (Å²) in [7, 11) is 0. The van der Waals surface area contributed by atoms with Crippen molar-refractivity contribution < 1.29 is 4.79 Å². The first-order chi connectivity index (χ1) is 6.64. The minimum atomic E-state index is -0.0270. The van der Waals surface area contributed by atoms with Crippen LogP contribution in [0.1, 0.15) is 39.0 Å². The fourth-order valence-corrected chi connectivity index (χ4v) is 2.19. The van der Waals surface area contributed by atoms with Gasteiger partial charge in [-0.25, -0.2) is 0 Å². The summed E-state index contributed by atoms with van der Waals surface area (Å²) in [5.74, 6) is 0.896. The van der Waals surface area contributed by atoms with Crippen molar-refractivity contribution in [3.63, 3.8) is 0 Å². The molecule has 2 saturated carbocycles. The molecule has 0 saturated heterocycles. The third-order valence-corrected chi connectivity index (χ3v) is 3.76. The lowest BCUT2D eigenvalue weighted by molar-refractivity contribution is -0.126. The number of nitrogens with one attached hydrogen (secondary N) is 1. The zero-order chi connectivity index (χ0) is 10.2. The minimum absolute atomic E-state index is 0.0270. The van der Waals surface area contributed by atoms with Crippen LogP contribution in [0.4, 0.5) is 0 Å². The summed E-state index contributed by atoms with van der Waals surface area (Å²) in [6.07, 6.45) is 5.50. The Bertz CT molecular complexity index is 235. The molecule has 0 aliphatic heterocycles. The molecule has 1 amide bonds. The van der Waals surface area contributed by atoms with E-state index in [9.17, 15) is 4.79 Å². The first-order valence-corrected chi connectivity index (χ1v) is 5.65. The van der Waals surface area contributed by atoms with Gasteiger partial charge >= 0.3 is 0 Å². The highest BCUT2D eigenvalue weighted by atomic mass is 16.2. The van der Waals surface area contributed by atoms with E-state index < -0.39 is 0 Å². The zero-order valence-corrected chi connectivity index (χ0v) is 8.88. The molecule has 0 radical (unpaired) electrons. The van der Waals surface area contributed by atoms with Crippen LogP contribution in [0.3, 0.4) is 0 Å². The van der Waals surface area contributed by atoms with Crippen LogP contribution in [0.15, 0.2) is 0 Å². The largest absolute Gasteiger partial charge is 0.353 e. The average Bonchev–Trinajstić information content (AvgIpc) is 2.77. The maximum atomic E-state index is 11.7. The molecule has 0 aromatic rings. The van der Waals surface area contributed by atoms with Gasteiger partial charge in [-0.2, -0.15) is 0 Å². The van der Waals surface area contributed by atoms with Gasteiger partial charge < -0.3 is 11.1 Å². The molecule has 80 valence electrons. The van der Waals surface area contributed by atoms with E-state index >= 15 is 0 Å². The van der Waals surface area contributed by atoms with E-state index in [0.717, 1.165) is 32.2 Å². The number of carbonyl (C=O) groups excluding carboxylic acids is 1. The molecule has 0 aromatic heterocycles. The molecule has 2 fully saturated rings. The van der Waals surface area contributed by atoms with E-state index in [1.54, 1.807) is 0 Å². The summed E-state index contributed by atoms with van der Waals surface area (Å²) < 4.78 is 0. The van der Waals surface area contributed by atoms with Crippen molar-refractivity contribution >= 4 is 5.91 Å². The Labute approximate surface area is 85.4 Å². The maximum Gasteiger partial charge on any atom is 0.226 e. The van der Waals surface area contributed by atoms with Crippen molar-refractivity contribution in [1.82, 2.24) is 5.32 Å². The molecule has 2 aliphatic rings. The van der Waals surface area contributed by atoms with Crippen molar-refractivity contribution in [3.05, 3.63) is 0 Å². The minimum Gasteiger partial charge on any atom is -0.353 e. The summed E-state index contributed by atoms with van der Waals surface area (Å²) in [6, 6.07) is 0.397. The molecular formula is C11H20N2O. The Balaban J connectivity index is 1.78. The molecular weight excluding hydrogens is 176 g/mol. The van der Waals surface area contributed by atoms with Crippen LogP contribution in [0.25, 0.3) is 0 Å². The zero-order valence-electron chi connectivity index (χ0n) is 8.88. The first kappa shape index (κ1) is 9.97. The second kappa shape index (κ2) is 3.54. The smallest absolute Gasteiger partial charge is 0.226 e. The van der Waals surface area contributed by atoms with Gasteiger partial charge in [-0.15, -0.1) is 0 Å². The van der Waals surface area contributed by atoms with Gasteiger partial charge in [-0.3, -0.25) is 4.79 Å². The van der Waals surface area contributed by atoms with Gasteiger partial charge in [-0.05, 0) is 44.6 Å². The fourth-order valence-electron chi connectivity index (χ4n) is 2.19. The van der Waals surface area contributed by atoms with E-state index in [-0.39, 0.29) is 11.3 Å². The molecule has 3 heteroatoms. The third kappa shape index (κ3) is 1.92. The second-order valence-corrected chi connectivity index (χ2v) is 5.15. The van der Waals surface area contributed by atoms with Crippen molar-refractivity contribution in [1.29, 1.82) is 0 Å². The summed E-state index contributed by atoms with van der Waals surface area (Å²) in [4.78, 5) is 11.7. The molecule has 2 rings (SSSR count). The highest BCUT2D eigenvalue weighted by Gasteiger charge is 2.45. The fraction of sp³-hybridized carbons (Fsp3) is 0.909. The van der Waals surface area contributed by atoms with Crippen LogP contribution in [0, 0.1) is 11.3 Å². The summed E-state index contributed by atoms with van der Waals surface area (Å²) in [5.41, 5.74) is 5.59. The van der Waals surface area contributed by atoms with E-state index in [2.05, 4.69) is 12.2 Å². The quantitative estimate of drug-likeness (QED) is 0.708. The molecule has 3 nitrogen and oxygen atoms in total. The lowest BCUT2D eigenvalue weighted by atomic mass is 10.1. The number of carbonyl (C=O) groups is 1. The normalized spacial score (nSPS) is 34.1. The van der Waals surface area contributed by atoms with Gasteiger partial charge in [0, 0.05) is 11.5 Å². The Morgan fingerprint density at radius 3 is 2.71 bits per heavy atom. The molecule has 2 aliphatic carbocycles. The van der Waals surface area contributed by atoms with Gasteiger partial charge in [0.2, 0.25) is 5.91 Å². The predicted molar refractivity (Wildman–Crippen MR) is 55.7 cm³/mol. The van der Waals surface area contributed by atoms with Crippen LogP contribution >= 0.6 is 0 Å². The van der Waals surface area contributed by atoms with E-state index in [1.165, 1.54) is 6.42 Å². The van der Waals surface area contributed by atoms with Gasteiger partial charge in [0.1, 0.15) is 0 Å². The molecule has 0 bridgehead atoms. The molecule has 0 unspecified atom stereocenters. The predicted octanol–water partition coefficient (Wildman–Crippen LogP) is 1.03. The molecule has 0 spiro atoms. The van der Waals surface area contributed by atoms with Crippen molar-refractivity contribution in [2.45, 2.75) is 45.1 Å². The van der Waals surface area contributed by atoms with Gasteiger partial charge in [0.15, 0.2) is 0 Å². The van der Waals surface area contributed by atoms with Crippen LogP contribution in [-0.4, -0.2) is 18.5 Å². The number of amides is 1. The number of nitrogens with two attached hydrogens (primary N) is 1. The van der Waals surface area contributed by atoms with Crippen molar-refractivity contribution in [3.8, 4) is 0 Å². The maximum absolute atomic E-state index is 11.7. The second-order valence-electron chi connectivity index (χ2n) is 5.15. The summed E-state index contributed by atoms with van der Waals surface area (Å²) in [5, 5.41) is 3.15. The Kier molecular flexibility index (Phi) is 2.52. The van der Waals surface area contributed by atoms with Crippen LogP contribution < -0.4 is 11.1 Å². The monoisotopic (exact) mass is 196 g/mol. The SMILES string of the molecule is CC1(C(=O)N[C@@H]2CC[C@H](CN)C2)CC1. The van der Waals surface area contributed by atoms with Crippen LogP contribution in [0.5, 0.6) is 0 Å². The average molecular weight is 196 g/mol. The highest BCUT2D eigenvalue weighted by molar-refractivity contribution is 5.85. The Hall–Kier alpha value is -0.570. The molecule has 3 N–H and O–H groups in total. The Morgan fingerprint density at radius 1 is 1.50 bits per heavy atom. The highest BCUT2D eigenvalue weighted by Crippen LogP contribution is 2.45. The molecule has 14 heavy (non-hydrogen) atoms. The molecule has 2 atom stereocenters. The lowest BCUT2D eigenvalue weighted by Gasteiger charge is -2.16. The molecule has 0 heterocycles. The summed E-state index contributed by atoms with van der Waals surface area (Å²) >= 11 is 0. The summed E-state index contributed by atoms with van der Waals surface area (Å²) in [6.45, 7) is 2.82. The van der Waals surface area contributed by atoms with E-state index in [1.807, 2.05) is 0 Å². The van der Waals surface area contributed by atoms with Crippen LogP contribution in [-0.2, 0) is 4.79 Å². The van der Waals surface area contributed by atoms with Gasteiger partial charge in [0.05, 0.1) is 0 Å².